The predicted octanol–water partition coefficient (Wildman–Crippen LogP) is 2.35. The Labute approximate surface area is 117 Å². The number of carboxylic acids is 1. The van der Waals surface area contributed by atoms with Crippen LogP contribution in [-0.4, -0.2) is 17.1 Å². The maximum Gasteiger partial charge on any atom is 0.322 e. The van der Waals surface area contributed by atoms with E-state index < -0.39 is 12.0 Å². The van der Waals surface area contributed by atoms with Gasteiger partial charge in [0, 0.05) is 6.04 Å². The highest BCUT2D eigenvalue weighted by Gasteiger charge is 2.29. The van der Waals surface area contributed by atoms with Crippen LogP contribution < -0.4 is 10.9 Å². The minimum absolute atomic E-state index is 0.0425. The van der Waals surface area contributed by atoms with E-state index in [0.29, 0.717) is 6.42 Å². The van der Waals surface area contributed by atoms with Crippen LogP contribution in [0.4, 0.5) is 0 Å². The van der Waals surface area contributed by atoms with Crippen LogP contribution in [0, 0.1) is 0 Å². The number of hydrogen-bond donors (Lipinski definition) is 3. The topological polar surface area (TPSA) is 61.4 Å². The molecule has 4 heteroatoms. The number of rotatable bonds is 3. The maximum atomic E-state index is 10.9. The molecule has 1 heterocycles. The fraction of sp³-hybridized carbons (Fsp3) is 0.188. The Morgan fingerprint density at radius 2 is 1.60 bits per heavy atom. The van der Waals surface area contributed by atoms with Crippen molar-refractivity contribution in [3.63, 3.8) is 0 Å². The Morgan fingerprint density at radius 1 is 0.950 bits per heavy atom. The number of hydrogen-bond acceptors (Lipinski definition) is 3. The first-order valence-corrected chi connectivity index (χ1v) is 6.63. The molecule has 0 aromatic heterocycles. The molecule has 2 aromatic rings. The number of benzene rings is 2. The zero-order valence-corrected chi connectivity index (χ0v) is 10.9. The first-order chi connectivity index (χ1) is 9.74. The van der Waals surface area contributed by atoms with Crippen molar-refractivity contribution >= 4 is 5.97 Å². The molecule has 2 aromatic carbocycles. The van der Waals surface area contributed by atoms with Gasteiger partial charge in [0.15, 0.2) is 0 Å². The van der Waals surface area contributed by atoms with E-state index in [1.165, 1.54) is 5.56 Å². The average Bonchev–Trinajstić information content (AvgIpc) is 2.98. The van der Waals surface area contributed by atoms with E-state index in [-0.39, 0.29) is 6.04 Å². The molecule has 1 fully saturated rings. The van der Waals surface area contributed by atoms with Gasteiger partial charge >= 0.3 is 5.97 Å². The molecule has 3 N–H and O–H groups in total. The lowest BCUT2D eigenvalue weighted by molar-refractivity contribution is -0.139. The summed E-state index contributed by atoms with van der Waals surface area (Å²) in [5.41, 5.74) is 9.27. The summed E-state index contributed by atoms with van der Waals surface area (Å²) in [6.07, 6.45) is 0.556. The van der Waals surface area contributed by atoms with Crippen LogP contribution in [0.1, 0.15) is 18.0 Å². The molecule has 4 nitrogen and oxygen atoms in total. The van der Waals surface area contributed by atoms with Crippen molar-refractivity contribution in [3.8, 4) is 11.1 Å². The third-order valence-electron chi connectivity index (χ3n) is 3.62. The Balaban J connectivity index is 1.76. The molecule has 102 valence electrons. The van der Waals surface area contributed by atoms with Gasteiger partial charge in [-0.3, -0.25) is 4.79 Å². The van der Waals surface area contributed by atoms with Crippen LogP contribution >= 0.6 is 0 Å². The fourth-order valence-electron chi connectivity index (χ4n) is 2.48. The number of nitrogens with one attached hydrogen (secondary N) is 2. The van der Waals surface area contributed by atoms with E-state index in [2.05, 4.69) is 35.1 Å². The van der Waals surface area contributed by atoms with Gasteiger partial charge in [0.05, 0.1) is 0 Å². The molecule has 20 heavy (non-hydrogen) atoms. The molecule has 0 radical (unpaired) electrons. The van der Waals surface area contributed by atoms with E-state index in [1.54, 1.807) is 0 Å². The van der Waals surface area contributed by atoms with Crippen molar-refractivity contribution in [1.82, 2.24) is 10.9 Å². The predicted molar refractivity (Wildman–Crippen MR) is 76.9 cm³/mol. The lowest BCUT2D eigenvalue weighted by Crippen LogP contribution is -2.36. The number of aliphatic carboxylic acids is 1. The third kappa shape index (κ3) is 2.57. The number of carboxylic acid groups (broad SMARTS) is 1. The molecular weight excluding hydrogens is 252 g/mol. The van der Waals surface area contributed by atoms with Crippen LogP contribution in [0.5, 0.6) is 0 Å². The molecule has 0 aliphatic carbocycles. The molecular formula is C16H16N2O2. The van der Waals surface area contributed by atoms with Gasteiger partial charge in [0.25, 0.3) is 0 Å². The summed E-state index contributed by atoms with van der Waals surface area (Å²) in [7, 11) is 0. The summed E-state index contributed by atoms with van der Waals surface area (Å²) in [6, 6.07) is 17.9. The zero-order chi connectivity index (χ0) is 13.9. The first-order valence-electron chi connectivity index (χ1n) is 6.63. The zero-order valence-electron chi connectivity index (χ0n) is 10.9. The Hall–Kier alpha value is -2.17. The van der Waals surface area contributed by atoms with Crippen molar-refractivity contribution in [1.29, 1.82) is 0 Å². The standard InChI is InChI=1S/C16H16N2O2/c19-16(20)15-10-14(17-18-15)13-8-6-12(7-9-13)11-4-2-1-3-5-11/h1-9,14-15,17-18H,10H2,(H,19,20). The van der Waals surface area contributed by atoms with Crippen molar-refractivity contribution in [2.24, 2.45) is 0 Å². The monoisotopic (exact) mass is 268 g/mol. The molecule has 0 saturated carbocycles. The van der Waals surface area contributed by atoms with E-state index in [0.717, 1.165) is 11.1 Å². The summed E-state index contributed by atoms with van der Waals surface area (Å²) in [5.74, 6) is -0.819. The van der Waals surface area contributed by atoms with Gasteiger partial charge in [-0.15, -0.1) is 0 Å². The van der Waals surface area contributed by atoms with Crippen molar-refractivity contribution in [3.05, 3.63) is 60.2 Å². The normalized spacial score (nSPS) is 21.8. The summed E-state index contributed by atoms with van der Waals surface area (Å²) in [4.78, 5) is 10.9. The Kier molecular flexibility index (Phi) is 3.50. The minimum atomic E-state index is -0.819. The highest BCUT2D eigenvalue weighted by Crippen LogP contribution is 2.25. The summed E-state index contributed by atoms with van der Waals surface area (Å²) < 4.78 is 0. The molecule has 2 atom stereocenters. The average molecular weight is 268 g/mol. The Morgan fingerprint density at radius 3 is 2.20 bits per heavy atom. The highest BCUT2D eigenvalue weighted by molar-refractivity contribution is 5.74. The van der Waals surface area contributed by atoms with Gasteiger partial charge in [0.1, 0.15) is 6.04 Å². The number of carbonyl (C=O) groups is 1. The summed E-state index contributed by atoms with van der Waals surface area (Å²) >= 11 is 0. The van der Waals surface area contributed by atoms with Crippen LogP contribution in [0.15, 0.2) is 54.6 Å². The van der Waals surface area contributed by atoms with Gasteiger partial charge in [-0.25, -0.2) is 10.9 Å². The molecule has 1 aliphatic heterocycles. The second-order valence-electron chi connectivity index (χ2n) is 4.96. The van der Waals surface area contributed by atoms with E-state index >= 15 is 0 Å². The molecule has 1 saturated heterocycles. The van der Waals surface area contributed by atoms with Gasteiger partial charge in [-0.05, 0) is 23.1 Å². The maximum absolute atomic E-state index is 10.9. The highest BCUT2D eigenvalue weighted by atomic mass is 16.4. The van der Waals surface area contributed by atoms with Gasteiger partial charge in [-0.2, -0.15) is 0 Å². The first kappa shape index (κ1) is 12.8. The SMILES string of the molecule is O=C(O)C1CC(c2ccc(-c3ccccc3)cc2)NN1. The second kappa shape index (κ2) is 5.45. The largest absolute Gasteiger partial charge is 0.480 e. The van der Waals surface area contributed by atoms with E-state index in [9.17, 15) is 4.79 Å². The van der Waals surface area contributed by atoms with E-state index in [4.69, 9.17) is 5.11 Å². The molecule has 0 bridgehead atoms. The van der Waals surface area contributed by atoms with Crippen molar-refractivity contribution < 1.29 is 9.90 Å². The third-order valence-corrected chi connectivity index (χ3v) is 3.62. The van der Waals surface area contributed by atoms with E-state index in [1.807, 2.05) is 30.3 Å². The van der Waals surface area contributed by atoms with Gasteiger partial charge in [0.2, 0.25) is 0 Å². The molecule has 2 unspecified atom stereocenters. The quantitative estimate of drug-likeness (QED) is 0.799. The van der Waals surface area contributed by atoms with Crippen LogP contribution in [0.2, 0.25) is 0 Å². The molecule has 3 rings (SSSR count). The van der Waals surface area contributed by atoms with Crippen molar-refractivity contribution in [2.75, 3.05) is 0 Å². The van der Waals surface area contributed by atoms with Gasteiger partial charge in [-0.1, -0.05) is 54.6 Å². The molecule has 1 aliphatic rings. The Bertz CT molecular complexity index is 596. The lowest BCUT2D eigenvalue weighted by atomic mass is 9.98. The molecule has 0 spiro atoms. The smallest absolute Gasteiger partial charge is 0.322 e. The van der Waals surface area contributed by atoms with Crippen LogP contribution in [-0.2, 0) is 4.79 Å². The lowest BCUT2D eigenvalue weighted by Gasteiger charge is -2.10. The minimum Gasteiger partial charge on any atom is -0.480 e. The summed E-state index contributed by atoms with van der Waals surface area (Å²) in [6.45, 7) is 0. The number of hydrazine groups is 1. The van der Waals surface area contributed by atoms with Crippen LogP contribution in [0.25, 0.3) is 11.1 Å². The van der Waals surface area contributed by atoms with Crippen LogP contribution in [0.3, 0.4) is 0 Å². The fourth-order valence-corrected chi connectivity index (χ4v) is 2.48. The second-order valence-corrected chi connectivity index (χ2v) is 4.96. The van der Waals surface area contributed by atoms with Gasteiger partial charge < -0.3 is 5.11 Å². The van der Waals surface area contributed by atoms with Crippen molar-refractivity contribution in [2.45, 2.75) is 18.5 Å². The summed E-state index contributed by atoms with van der Waals surface area (Å²) in [5, 5.41) is 8.97. The molecule has 0 amide bonds.